The molecule has 0 saturated carbocycles. The van der Waals surface area contributed by atoms with Gasteiger partial charge in [-0.3, -0.25) is 0 Å². The molecule has 0 unspecified atom stereocenters. The highest BCUT2D eigenvalue weighted by Gasteiger charge is 2.21. The van der Waals surface area contributed by atoms with Crippen molar-refractivity contribution in [2.75, 3.05) is 6.61 Å². The molecule has 1 aromatic rings. The molecule has 0 amide bonds. The SMILES string of the molecule is CCCCCCCCOc1c(O)c(OC(=O)O)cc(CCCCCCC)c1CCCCCCC. The monoisotopic (exact) mass is 478 g/mol. The highest BCUT2D eigenvalue weighted by atomic mass is 16.7. The predicted octanol–water partition coefficient (Wildman–Crippen LogP) is 9.21. The molecule has 1 rings (SSSR count). The van der Waals surface area contributed by atoms with Crippen LogP contribution in [0.4, 0.5) is 4.79 Å². The number of phenols is 1. The number of aryl methyl sites for hydroxylation is 1. The number of phenolic OH excluding ortho intramolecular Hbond substituents is 1. The lowest BCUT2D eigenvalue weighted by Crippen LogP contribution is -2.08. The molecule has 0 radical (unpaired) electrons. The fourth-order valence-corrected chi connectivity index (χ4v) is 4.42. The highest BCUT2D eigenvalue weighted by molar-refractivity contribution is 5.67. The van der Waals surface area contributed by atoms with Crippen LogP contribution in [-0.2, 0) is 12.8 Å². The normalized spacial score (nSPS) is 11.0. The third kappa shape index (κ3) is 12.5. The van der Waals surface area contributed by atoms with Crippen molar-refractivity contribution < 1.29 is 24.5 Å². The molecule has 196 valence electrons. The van der Waals surface area contributed by atoms with Crippen molar-refractivity contribution in [3.8, 4) is 17.2 Å². The first kappa shape index (κ1) is 30.1. The van der Waals surface area contributed by atoms with Crippen LogP contribution in [0, 0.1) is 0 Å². The van der Waals surface area contributed by atoms with Gasteiger partial charge in [-0.15, -0.1) is 0 Å². The summed E-state index contributed by atoms with van der Waals surface area (Å²) < 4.78 is 11.1. The summed E-state index contributed by atoms with van der Waals surface area (Å²) in [6.07, 6.45) is 18.9. The van der Waals surface area contributed by atoms with Gasteiger partial charge >= 0.3 is 6.16 Å². The molecule has 0 aromatic heterocycles. The Morgan fingerprint density at radius 3 is 1.79 bits per heavy atom. The summed E-state index contributed by atoms with van der Waals surface area (Å²) in [5, 5.41) is 20.1. The van der Waals surface area contributed by atoms with Crippen molar-refractivity contribution in [3.05, 3.63) is 17.2 Å². The molecule has 5 nitrogen and oxygen atoms in total. The average Bonchev–Trinajstić information content (AvgIpc) is 2.81. The van der Waals surface area contributed by atoms with Crippen molar-refractivity contribution in [2.24, 2.45) is 0 Å². The van der Waals surface area contributed by atoms with Gasteiger partial charge in [-0.25, -0.2) is 4.79 Å². The first-order chi connectivity index (χ1) is 16.5. The lowest BCUT2D eigenvalue weighted by molar-refractivity contribution is 0.142. The maximum absolute atomic E-state index is 11.2. The molecule has 0 fully saturated rings. The van der Waals surface area contributed by atoms with Crippen molar-refractivity contribution in [2.45, 2.75) is 136 Å². The van der Waals surface area contributed by atoms with E-state index in [4.69, 9.17) is 9.47 Å². The minimum Gasteiger partial charge on any atom is -0.502 e. The summed E-state index contributed by atoms with van der Waals surface area (Å²) in [6.45, 7) is 7.15. The molecule has 0 bridgehead atoms. The van der Waals surface area contributed by atoms with E-state index in [1.807, 2.05) is 0 Å². The van der Waals surface area contributed by atoms with E-state index in [9.17, 15) is 15.0 Å². The van der Waals surface area contributed by atoms with Gasteiger partial charge in [0.2, 0.25) is 5.75 Å². The van der Waals surface area contributed by atoms with Gasteiger partial charge in [0.05, 0.1) is 6.61 Å². The Balaban J connectivity index is 3.01. The van der Waals surface area contributed by atoms with Crippen molar-refractivity contribution >= 4 is 6.16 Å². The Morgan fingerprint density at radius 2 is 1.24 bits per heavy atom. The number of ether oxygens (including phenoxy) is 2. The van der Waals surface area contributed by atoms with Crippen LogP contribution >= 0.6 is 0 Å². The smallest absolute Gasteiger partial charge is 0.502 e. The Morgan fingerprint density at radius 1 is 0.735 bits per heavy atom. The molecular formula is C29H50O5. The van der Waals surface area contributed by atoms with Crippen molar-refractivity contribution in [3.63, 3.8) is 0 Å². The van der Waals surface area contributed by atoms with Gasteiger partial charge in [0.15, 0.2) is 11.5 Å². The lowest BCUT2D eigenvalue weighted by Gasteiger charge is -2.19. The van der Waals surface area contributed by atoms with Crippen molar-refractivity contribution in [1.82, 2.24) is 0 Å². The van der Waals surface area contributed by atoms with Gasteiger partial charge < -0.3 is 19.7 Å². The van der Waals surface area contributed by atoms with Gasteiger partial charge in [0, 0.05) is 5.56 Å². The molecule has 0 saturated heterocycles. The largest absolute Gasteiger partial charge is 0.511 e. The zero-order valence-electron chi connectivity index (χ0n) is 22.1. The summed E-state index contributed by atoms with van der Waals surface area (Å²) in [6, 6.07) is 1.72. The predicted molar refractivity (Wildman–Crippen MR) is 141 cm³/mol. The third-order valence-corrected chi connectivity index (χ3v) is 6.44. The van der Waals surface area contributed by atoms with Gasteiger partial charge in [-0.1, -0.05) is 104 Å². The first-order valence-electron chi connectivity index (χ1n) is 14.0. The van der Waals surface area contributed by atoms with Crippen molar-refractivity contribution in [1.29, 1.82) is 0 Å². The second-order valence-electron chi connectivity index (χ2n) is 9.50. The van der Waals surface area contributed by atoms with E-state index in [0.717, 1.165) is 62.5 Å². The van der Waals surface area contributed by atoms with Crippen LogP contribution < -0.4 is 9.47 Å². The Bertz CT molecular complexity index is 671. The third-order valence-electron chi connectivity index (χ3n) is 6.44. The van der Waals surface area contributed by atoms with Crippen LogP contribution in [0.2, 0.25) is 0 Å². The molecule has 2 N–H and O–H groups in total. The number of hydrogen-bond donors (Lipinski definition) is 2. The minimum atomic E-state index is -1.42. The van der Waals surface area contributed by atoms with E-state index >= 15 is 0 Å². The van der Waals surface area contributed by atoms with E-state index in [1.54, 1.807) is 6.07 Å². The lowest BCUT2D eigenvalue weighted by atomic mass is 9.94. The van der Waals surface area contributed by atoms with E-state index < -0.39 is 6.16 Å². The number of aromatic hydroxyl groups is 1. The molecule has 1 aromatic carbocycles. The molecule has 0 spiro atoms. The molecule has 0 atom stereocenters. The van der Waals surface area contributed by atoms with E-state index in [1.165, 1.54) is 64.2 Å². The van der Waals surface area contributed by atoms with Crippen LogP contribution in [-0.4, -0.2) is 23.0 Å². The van der Waals surface area contributed by atoms with Crippen LogP contribution in [0.5, 0.6) is 17.2 Å². The second-order valence-corrected chi connectivity index (χ2v) is 9.50. The number of carbonyl (C=O) groups is 1. The van der Waals surface area contributed by atoms with E-state index in [2.05, 4.69) is 20.8 Å². The quantitative estimate of drug-likeness (QED) is 0.105. The van der Waals surface area contributed by atoms with Crippen LogP contribution in [0.1, 0.15) is 135 Å². The molecule has 5 heteroatoms. The van der Waals surface area contributed by atoms with Gasteiger partial charge in [-0.05, 0) is 43.7 Å². The van der Waals surface area contributed by atoms with Crippen LogP contribution in [0.3, 0.4) is 0 Å². The summed E-state index contributed by atoms with van der Waals surface area (Å²) >= 11 is 0. The Hall–Kier alpha value is -1.91. The summed E-state index contributed by atoms with van der Waals surface area (Å²) in [5.74, 6) is 0.252. The minimum absolute atomic E-state index is 0.0104. The molecule has 0 heterocycles. The average molecular weight is 479 g/mol. The standard InChI is InChI=1S/C29H50O5/c1-4-7-10-13-16-19-22-33-28-25(21-18-15-12-9-6-3)24(20-17-14-11-8-5-2)23-26(27(28)30)34-29(31)32/h23,30H,4-22H2,1-3H3,(H,31,32). The van der Waals surface area contributed by atoms with Crippen LogP contribution in [0.15, 0.2) is 6.07 Å². The first-order valence-corrected chi connectivity index (χ1v) is 14.0. The molecule has 34 heavy (non-hydrogen) atoms. The van der Waals surface area contributed by atoms with Gasteiger partial charge in [0.1, 0.15) is 0 Å². The Labute approximate surface area is 208 Å². The molecule has 0 aliphatic carbocycles. The van der Waals surface area contributed by atoms with E-state index in [0.29, 0.717) is 12.4 Å². The Kier molecular flexibility index (Phi) is 17.2. The maximum Gasteiger partial charge on any atom is 0.511 e. The van der Waals surface area contributed by atoms with Gasteiger partial charge in [-0.2, -0.15) is 0 Å². The summed E-state index contributed by atoms with van der Waals surface area (Å²) in [5.41, 5.74) is 2.09. The second kappa shape index (κ2) is 19.4. The zero-order chi connectivity index (χ0) is 25.0. The summed E-state index contributed by atoms with van der Waals surface area (Å²) in [4.78, 5) is 11.2. The van der Waals surface area contributed by atoms with E-state index in [-0.39, 0.29) is 11.5 Å². The summed E-state index contributed by atoms with van der Waals surface area (Å²) in [7, 11) is 0. The number of carboxylic acid groups (broad SMARTS) is 1. The molecule has 0 aliphatic rings. The number of hydrogen-bond acceptors (Lipinski definition) is 4. The number of rotatable bonds is 21. The van der Waals surface area contributed by atoms with Gasteiger partial charge in [0.25, 0.3) is 0 Å². The fraction of sp³-hybridized carbons (Fsp3) is 0.759. The zero-order valence-corrected chi connectivity index (χ0v) is 22.1. The molecular weight excluding hydrogens is 428 g/mol. The maximum atomic E-state index is 11.2. The topological polar surface area (TPSA) is 76.0 Å². The van der Waals surface area contributed by atoms with Crippen LogP contribution in [0.25, 0.3) is 0 Å². The number of unbranched alkanes of at least 4 members (excludes halogenated alkanes) is 13. The number of benzene rings is 1. The highest BCUT2D eigenvalue weighted by Crippen LogP contribution is 2.43. The molecule has 0 aliphatic heterocycles. The fourth-order valence-electron chi connectivity index (χ4n) is 4.42.